The van der Waals surface area contributed by atoms with E-state index in [-0.39, 0.29) is 16.5 Å². The molecule has 108 valence electrons. The van der Waals surface area contributed by atoms with Gasteiger partial charge in [0.25, 0.3) is 0 Å². The van der Waals surface area contributed by atoms with Crippen molar-refractivity contribution in [1.82, 2.24) is 4.90 Å². The van der Waals surface area contributed by atoms with Crippen molar-refractivity contribution in [2.75, 3.05) is 6.54 Å². The van der Waals surface area contributed by atoms with Crippen LogP contribution in [0.3, 0.4) is 0 Å². The van der Waals surface area contributed by atoms with E-state index in [4.69, 9.17) is 0 Å². The van der Waals surface area contributed by atoms with E-state index in [1.807, 2.05) is 48.2 Å². The van der Waals surface area contributed by atoms with Crippen molar-refractivity contribution in [3.63, 3.8) is 0 Å². The average molecular weight is 297 g/mol. The minimum absolute atomic E-state index is 0.0472. The first kappa shape index (κ1) is 14.2. The molecule has 21 heavy (non-hydrogen) atoms. The van der Waals surface area contributed by atoms with Gasteiger partial charge in [0.15, 0.2) is 0 Å². The van der Waals surface area contributed by atoms with Crippen LogP contribution in [0.2, 0.25) is 0 Å². The van der Waals surface area contributed by atoms with Crippen molar-refractivity contribution in [2.45, 2.75) is 24.0 Å². The van der Waals surface area contributed by atoms with Gasteiger partial charge in [0.1, 0.15) is 5.37 Å². The zero-order valence-electron chi connectivity index (χ0n) is 12.1. The van der Waals surface area contributed by atoms with Gasteiger partial charge in [0.2, 0.25) is 5.91 Å². The Morgan fingerprint density at radius 3 is 2.29 bits per heavy atom. The molecule has 0 saturated carbocycles. The lowest BCUT2D eigenvalue weighted by Crippen LogP contribution is -2.32. The highest BCUT2D eigenvalue weighted by Crippen LogP contribution is 2.42. The third kappa shape index (κ3) is 3.13. The molecule has 0 aromatic heterocycles. The maximum absolute atomic E-state index is 12.4. The number of rotatable bonds is 4. The van der Waals surface area contributed by atoms with Crippen molar-refractivity contribution in [1.29, 1.82) is 0 Å². The van der Waals surface area contributed by atoms with Crippen LogP contribution in [0.25, 0.3) is 0 Å². The van der Waals surface area contributed by atoms with Gasteiger partial charge in [-0.05, 0) is 24.5 Å². The van der Waals surface area contributed by atoms with Crippen LogP contribution in [0.5, 0.6) is 0 Å². The predicted molar refractivity (Wildman–Crippen MR) is 88.1 cm³/mol. The topological polar surface area (TPSA) is 20.3 Å². The zero-order valence-corrected chi connectivity index (χ0v) is 12.9. The van der Waals surface area contributed by atoms with Gasteiger partial charge in [0.05, 0.1) is 5.25 Å². The lowest BCUT2D eigenvalue weighted by atomic mass is 10.1. The normalized spacial score (nSPS) is 21.8. The smallest absolute Gasteiger partial charge is 0.236 e. The second-order valence-corrected chi connectivity index (χ2v) is 6.73. The van der Waals surface area contributed by atoms with Crippen molar-refractivity contribution >= 4 is 17.7 Å². The molecule has 1 heterocycles. The van der Waals surface area contributed by atoms with Gasteiger partial charge in [-0.3, -0.25) is 4.79 Å². The van der Waals surface area contributed by atoms with Crippen LogP contribution in [-0.2, 0) is 11.2 Å². The Labute approximate surface area is 130 Å². The van der Waals surface area contributed by atoms with Crippen molar-refractivity contribution in [3.8, 4) is 0 Å². The molecule has 2 atom stereocenters. The fourth-order valence-corrected chi connectivity index (χ4v) is 3.98. The van der Waals surface area contributed by atoms with Gasteiger partial charge < -0.3 is 4.90 Å². The molecule has 2 unspecified atom stereocenters. The maximum atomic E-state index is 12.4. The summed E-state index contributed by atoms with van der Waals surface area (Å²) in [7, 11) is 0. The lowest BCUT2D eigenvalue weighted by Gasteiger charge is -2.24. The summed E-state index contributed by atoms with van der Waals surface area (Å²) in [6, 6.07) is 20.7. The summed E-state index contributed by atoms with van der Waals surface area (Å²) >= 11 is 1.75. The SMILES string of the molecule is CC1SC(c2ccccc2)N(CCc2ccccc2)C1=O. The van der Waals surface area contributed by atoms with Crippen LogP contribution in [0, 0.1) is 0 Å². The monoisotopic (exact) mass is 297 g/mol. The van der Waals surface area contributed by atoms with Gasteiger partial charge >= 0.3 is 0 Å². The Balaban J connectivity index is 1.75. The molecule has 0 bridgehead atoms. The fraction of sp³-hybridized carbons (Fsp3) is 0.278. The predicted octanol–water partition coefficient (Wildman–Crippen LogP) is 3.89. The van der Waals surface area contributed by atoms with E-state index in [1.165, 1.54) is 11.1 Å². The third-order valence-electron chi connectivity index (χ3n) is 3.82. The standard InChI is InChI=1S/C18H19NOS/c1-14-17(20)19(13-12-15-8-4-2-5-9-15)18(21-14)16-10-6-3-7-11-16/h2-11,14,18H,12-13H2,1H3. The number of carbonyl (C=O) groups is 1. The first-order valence-electron chi connectivity index (χ1n) is 7.30. The summed E-state index contributed by atoms with van der Waals surface area (Å²) in [5, 5.41) is 0.198. The number of nitrogens with zero attached hydrogens (tertiary/aromatic N) is 1. The molecule has 0 aliphatic carbocycles. The number of thioether (sulfide) groups is 1. The van der Waals surface area contributed by atoms with Gasteiger partial charge in [0, 0.05) is 6.54 Å². The molecule has 1 fully saturated rings. The van der Waals surface area contributed by atoms with Crippen LogP contribution in [0.15, 0.2) is 60.7 Å². The molecule has 0 radical (unpaired) electrons. The van der Waals surface area contributed by atoms with Gasteiger partial charge in [-0.25, -0.2) is 0 Å². The number of hydrogen-bond acceptors (Lipinski definition) is 2. The van der Waals surface area contributed by atoms with E-state index in [2.05, 4.69) is 24.3 Å². The number of benzene rings is 2. The summed E-state index contributed by atoms with van der Waals surface area (Å²) in [6.07, 6.45) is 0.906. The second kappa shape index (κ2) is 6.35. The Morgan fingerprint density at radius 1 is 1.00 bits per heavy atom. The van der Waals surface area contributed by atoms with E-state index < -0.39 is 0 Å². The fourth-order valence-electron chi connectivity index (χ4n) is 2.67. The zero-order chi connectivity index (χ0) is 14.7. The Morgan fingerprint density at radius 2 is 1.62 bits per heavy atom. The highest BCUT2D eigenvalue weighted by molar-refractivity contribution is 8.01. The van der Waals surface area contributed by atoms with Crippen LogP contribution >= 0.6 is 11.8 Å². The average Bonchev–Trinajstić information content (AvgIpc) is 2.82. The quantitative estimate of drug-likeness (QED) is 0.853. The Bertz CT molecular complexity index is 599. The molecular formula is C18H19NOS. The summed E-state index contributed by atoms with van der Waals surface area (Å²) in [6.45, 7) is 2.78. The molecule has 2 nitrogen and oxygen atoms in total. The molecule has 3 heteroatoms. The molecule has 3 rings (SSSR count). The third-order valence-corrected chi connectivity index (χ3v) is 5.21. The number of carbonyl (C=O) groups excluding carboxylic acids is 1. The summed E-state index contributed by atoms with van der Waals surface area (Å²) in [4.78, 5) is 14.4. The van der Waals surface area contributed by atoms with Crippen molar-refractivity contribution in [3.05, 3.63) is 71.8 Å². The first-order valence-corrected chi connectivity index (χ1v) is 8.25. The van der Waals surface area contributed by atoms with Gasteiger partial charge in [-0.1, -0.05) is 60.7 Å². The highest BCUT2D eigenvalue weighted by Gasteiger charge is 2.37. The highest BCUT2D eigenvalue weighted by atomic mass is 32.2. The Kier molecular flexibility index (Phi) is 4.30. The van der Waals surface area contributed by atoms with Crippen LogP contribution in [-0.4, -0.2) is 22.6 Å². The van der Waals surface area contributed by atoms with E-state index in [0.29, 0.717) is 0 Å². The molecular weight excluding hydrogens is 278 g/mol. The van der Waals surface area contributed by atoms with E-state index in [0.717, 1.165) is 13.0 Å². The lowest BCUT2D eigenvalue weighted by molar-refractivity contribution is -0.129. The molecule has 2 aromatic rings. The minimum Gasteiger partial charge on any atom is -0.325 e. The summed E-state index contributed by atoms with van der Waals surface area (Å²) in [5.41, 5.74) is 2.50. The van der Waals surface area contributed by atoms with Crippen LogP contribution in [0.1, 0.15) is 23.4 Å². The second-order valence-electron chi connectivity index (χ2n) is 5.31. The summed E-state index contributed by atoms with van der Waals surface area (Å²) in [5.74, 6) is 0.254. The van der Waals surface area contributed by atoms with E-state index in [9.17, 15) is 4.79 Å². The Hall–Kier alpha value is -1.74. The number of amides is 1. The molecule has 1 saturated heterocycles. The molecule has 0 spiro atoms. The van der Waals surface area contributed by atoms with E-state index >= 15 is 0 Å². The molecule has 0 N–H and O–H groups in total. The largest absolute Gasteiger partial charge is 0.325 e. The molecule has 1 aliphatic rings. The van der Waals surface area contributed by atoms with Crippen molar-refractivity contribution < 1.29 is 4.79 Å². The molecule has 2 aromatic carbocycles. The van der Waals surface area contributed by atoms with Gasteiger partial charge in [-0.15, -0.1) is 11.8 Å². The first-order chi connectivity index (χ1) is 10.3. The van der Waals surface area contributed by atoms with Crippen LogP contribution in [0.4, 0.5) is 0 Å². The van der Waals surface area contributed by atoms with Crippen LogP contribution < -0.4 is 0 Å². The molecule has 1 aliphatic heterocycles. The van der Waals surface area contributed by atoms with Gasteiger partial charge in [-0.2, -0.15) is 0 Å². The maximum Gasteiger partial charge on any atom is 0.236 e. The molecule has 1 amide bonds. The number of hydrogen-bond donors (Lipinski definition) is 0. The van der Waals surface area contributed by atoms with Crippen molar-refractivity contribution in [2.24, 2.45) is 0 Å². The minimum atomic E-state index is 0.0472. The van der Waals surface area contributed by atoms with E-state index in [1.54, 1.807) is 11.8 Å². The summed E-state index contributed by atoms with van der Waals surface area (Å²) < 4.78 is 0.